The molecule has 142 valence electrons. The number of hydrogen-bond donors (Lipinski definition) is 3. The summed E-state index contributed by atoms with van der Waals surface area (Å²) in [7, 11) is 0. The summed E-state index contributed by atoms with van der Waals surface area (Å²) >= 11 is 1.04. The number of anilines is 1. The molecule has 2 amide bonds. The smallest absolute Gasteiger partial charge is 0.406 e. The summed E-state index contributed by atoms with van der Waals surface area (Å²) in [6, 6.07) is 3.13. The highest BCUT2D eigenvalue weighted by atomic mass is 32.1. The van der Waals surface area contributed by atoms with Crippen LogP contribution in [0.4, 0.5) is 18.3 Å². The Morgan fingerprint density at radius 1 is 1.38 bits per heavy atom. The quantitative estimate of drug-likeness (QED) is 0.630. The molecule has 0 aliphatic heterocycles. The third kappa shape index (κ3) is 6.15. The van der Waals surface area contributed by atoms with Crippen molar-refractivity contribution in [3.63, 3.8) is 0 Å². The summed E-state index contributed by atoms with van der Waals surface area (Å²) in [5.74, 6) is -0.962. The molecule has 0 spiro atoms. The first-order valence-electron chi connectivity index (χ1n) is 7.63. The maximum absolute atomic E-state index is 12.2. The van der Waals surface area contributed by atoms with Crippen LogP contribution in [0, 0.1) is 0 Å². The number of carbonyl (C=O) groups is 2. The Labute approximate surface area is 150 Å². The predicted octanol–water partition coefficient (Wildman–Crippen LogP) is 2.38. The molecule has 0 fully saturated rings. The van der Waals surface area contributed by atoms with Gasteiger partial charge in [-0.15, -0.1) is 13.2 Å². The number of nitrogens with two attached hydrogens (primary N) is 1. The molecule has 1 heterocycles. The van der Waals surface area contributed by atoms with E-state index in [4.69, 9.17) is 5.73 Å². The molecule has 0 saturated carbocycles. The number of nitrogens with zero attached hydrogens (tertiary/aromatic N) is 1. The van der Waals surface area contributed by atoms with Crippen LogP contribution in [0.5, 0.6) is 5.75 Å². The van der Waals surface area contributed by atoms with Gasteiger partial charge in [0, 0.05) is 19.0 Å². The Balaban J connectivity index is 1.88. The Morgan fingerprint density at radius 2 is 2.12 bits per heavy atom. The zero-order valence-electron chi connectivity index (χ0n) is 13.7. The largest absolute Gasteiger partial charge is 0.573 e. The van der Waals surface area contributed by atoms with Gasteiger partial charge in [0.05, 0.1) is 16.3 Å². The summed E-state index contributed by atoms with van der Waals surface area (Å²) in [6.45, 7) is 1.87. The van der Waals surface area contributed by atoms with Gasteiger partial charge >= 0.3 is 6.36 Å². The average molecular weight is 390 g/mol. The van der Waals surface area contributed by atoms with Crippen LogP contribution in [0.1, 0.15) is 19.8 Å². The molecule has 1 aromatic carbocycles. The van der Waals surface area contributed by atoms with Crippen molar-refractivity contribution in [3.8, 4) is 5.75 Å². The number of amides is 2. The standard InChI is InChI=1S/C15H17F3N4O3S/c1-8(19)13(24)20-6-2-3-12(23)22-14-21-10-5-4-9(7-11(10)26-14)25-15(16,17)18/h4-5,7-8H,2-3,6,19H2,1H3,(H,20,24)(H,21,22,23)/t8-/m0/s1. The molecule has 11 heteroatoms. The first kappa shape index (κ1) is 19.9. The number of rotatable bonds is 7. The summed E-state index contributed by atoms with van der Waals surface area (Å²) in [4.78, 5) is 27.3. The maximum atomic E-state index is 12.2. The van der Waals surface area contributed by atoms with E-state index in [0.29, 0.717) is 23.2 Å². The average Bonchev–Trinajstić information content (AvgIpc) is 2.90. The molecule has 1 atom stereocenters. The number of hydrogen-bond acceptors (Lipinski definition) is 6. The van der Waals surface area contributed by atoms with E-state index >= 15 is 0 Å². The van der Waals surface area contributed by atoms with Crippen LogP contribution in [0.3, 0.4) is 0 Å². The van der Waals surface area contributed by atoms with Crippen LogP contribution in [0.2, 0.25) is 0 Å². The van der Waals surface area contributed by atoms with E-state index in [0.717, 1.165) is 17.4 Å². The Kier molecular flexibility index (Phi) is 6.37. The summed E-state index contributed by atoms with van der Waals surface area (Å²) in [5, 5.41) is 5.43. The molecule has 0 radical (unpaired) electrons. The lowest BCUT2D eigenvalue weighted by Gasteiger charge is -2.07. The topological polar surface area (TPSA) is 106 Å². The van der Waals surface area contributed by atoms with E-state index in [9.17, 15) is 22.8 Å². The molecule has 0 unspecified atom stereocenters. The van der Waals surface area contributed by atoms with Crippen LogP contribution in [-0.4, -0.2) is 35.7 Å². The molecule has 26 heavy (non-hydrogen) atoms. The SMILES string of the molecule is C[C@H](N)C(=O)NCCCC(=O)Nc1nc2ccc(OC(F)(F)F)cc2s1. The third-order valence-corrected chi connectivity index (χ3v) is 4.07. The first-order chi connectivity index (χ1) is 12.1. The lowest BCUT2D eigenvalue weighted by atomic mass is 10.3. The number of nitrogens with one attached hydrogen (secondary N) is 2. The zero-order valence-corrected chi connectivity index (χ0v) is 14.5. The second kappa shape index (κ2) is 8.32. The Hall–Kier alpha value is -2.40. The molecule has 0 aliphatic rings. The fraction of sp³-hybridized carbons (Fsp3) is 0.400. The van der Waals surface area contributed by atoms with Crippen LogP contribution >= 0.6 is 11.3 Å². The fourth-order valence-corrected chi connectivity index (χ4v) is 2.87. The highest BCUT2D eigenvalue weighted by Gasteiger charge is 2.31. The van der Waals surface area contributed by atoms with E-state index in [1.54, 1.807) is 6.92 Å². The highest BCUT2D eigenvalue weighted by Crippen LogP contribution is 2.31. The van der Waals surface area contributed by atoms with Crippen molar-refractivity contribution in [2.75, 3.05) is 11.9 Å². The second-order valence-corrected chi connectivity index (χ2v) is 6.46. The number of thiazole rings is 1. The van der Waals surface area contributed by atoms with Gasteiger partial charge in [-0.25, -0.2) is 4.98 Å². The zero-order chi connectivity index (χ0) is 19.3. The van der Waals surface area contributed by atoms with Crippen molar-refractivity contribution < 1.29 is 27.5 Å². The molecule has 7 nitrogen and oxygen atoms in total. The first-order valence-corrected chi connectivity index (χ1v) is 8.45. The molecule has 2 aromatic rings. The maximum Gasteiger partial charge on any atom is 0.573 e. The molecule has 0 bridgehead atoms. The minimum absolute atomic E-state index is 0.150. The fourth-order valence-electron chi connectivity index (χ4n) is 1.96. The van der Waals surface area contributed by atoms with Gasteiger partial charge < -0.3 is 21.1 Å². The van der Waals surface area contributed by atoms with Gasteiger partial charge in [-0.1, -0.05) is 11.3 Å². The molecule has 2 rings (SSSR count). The minimum atomic E-state index is -4.77. The van der Waals surface area contributed by atoms with Gasteiger partial charge in [-0.05, 0) is 25.5 Å². The summed E-state index contributed by atoms with van der Waals surface area (Å²) < 4.78 is 41.0. The van der Waals surface area contributed by atoms with E-state index in [-0.39, 0.29) is 29.1 Å². The van der Waals surface area contributed by atoms with Crippen molar-refractivity contribution >= 4 is 38.5 Å². The second-order valence-electron chi connectivity index (χ2n) is 5.43. The number of alkyl halides is 3. The van der Waals surface area contributed by atoms with Gasteiger partial charge in [-0.2, -0.15) is 0 Å². The monoisotopic (exact) mass is 390 g/mol. The van der Waals surface area contributed by atoms with Gasteiger partial charge in [0.2, 0.25) is 11.8 Å². The summed E-state index contributed by atoms with van der Waals surface area (Å²) in [5.41, 5.74) is 5.84. The van der Waals surface area contributed by atoms with E-state index in [1.165, 1.54) is 12.1 Å². The van der Waals surface area contributed by atoms with Crippen LogP contribution in [-0.2, 0) is 9.59 Å². The van der Waals surface area contributed by atoms with Crippen molar-refractivity contribution in [2.45, 2.75) is 32.2 Å². The van der Waals surface area contributed by atoms with Gasteiger partial charge in [-0.3, -0.25) is 9.59 Å². The number of benzene rings is 1. The lowest BCUT2D eigenvalue weighted by Crippen LogP contribution is -2.38. The molecular weight excluding hydrogens is 373 g/mol. The molecule has 0 saturated heterocycles. The summed E-state index contributed by atoms with van der Waals surface area (Å²) in [6.07, 6.45) is -4.21. The van der Waals surface area contributed by atoms with E-state index in [1.807, 2.05) is 0 Å². The lowest BCUT2D eigenvalue weighted by molar-refractivity contribution is -0.274. The van der Waals surface area contributed by atoms with E-state index in [2.05, 4.69) is 20.4 Å². The van der Waals surface area contributed by atoms with E-state index < -0.39 is 12.4 Å². The number of halogens is 3. The predicted molar refractivity (Wildman–Crippen MR) is 90.8 cm³/mol. The third-order valence-electron chi connectivity index (χ3n) is 3.13. The molecule has 1 aromatic heterocycles. The number of ether oxygens (including phenoxy) is 1. The van der Waals surface area contributed by atoms with Crippen molar-refractivity contribution in [1.82, 2.24) is 10.3 Å². The van der Waals surface area contributed by atoms with Gasteiger partial charge in [0.1, 0.15) is 5.75 Å². The molecule has 4 N–H and O–H groups in total. The Morgan fingerprint density at radius 3 is 2.77 bits per heavy atom. The van der Waals surface area contributed by atoms with Crippen molar-refractivity contribution in [1.29, 1.82) is 0 Å². The number of aromatic nitrogens is 1. The van der Waals surface area contributed by atoms with Crippen LogP contribution in [0.15, 0.2) is 18.2 Å². The highest BCUT2D eigenvalue weighted by molar-refractivity contribution is 7.22. The van der Waals surface area contributed by atoms with Crippen LogP contribution < -0.4 is 21.1 Å². The Bertz CT molecular complexity index is 792. The van der Waals surface area contributed by atoms with Crippen molar-refractivity contribution in [3.05, 3.63) is 18.2 Å². The van der Waals surface area contributed by atoms with Crippen LogP contribution in [0.25, 0.3) is 10.2 Å². The normalized spacial score (nSPS) is 12.7. The van der Waals surface area contributed by atoms with Crippen molar-refractivity contribution in [2.24, 2.45) is 5.73 Å². The minimum Gasteiger partial charge on any atom is -0.406 e. The number of carbonyl (C=O) groups excluding carboxylic acids is 2. The molecular formula is C15H17F3N4O3S. The molecule has 0 aliphatic carbocycles. The number of fused-ring (bicyclic) bond motifs is 1. The van der Waals surface area contributed by atoms with Gasteiger partial charge in [0.15, 0.2) is 5.13 Å². The van der Waals surface area contributed by atoms with Gasteiger partial charge in [0.25, 0.3) is 0 Å².